The Morgan fingerprint density at radius 3 is 2.47 bits per heavy atom. The molecule has 2 aromatic carbocycles. The van der Waals surface area contributed by atoms with Crippen molar-refractivity contribution in [3.8, 4) is 11.5 Å². The summed E-state index contributed by atoms with van der Waals surface area (Å²) in [5.41, 5.74) is 3.62. The molecule has 0 radical (unpaired) electrons. The lowest BCUT2D eigenvalue weighted by Crippen LogP contribution is -2.55. The van der Waals surface area contributed by atoms with Crippen molar-refractivity contribution in [3.63, 3.8) is 0 Å². The molecule has 6 rings (SSSR count). The van der Waals surface area contributed by atoms with Gasteiger partial charge in [0.2, 0.25) is 5.91 Å². The van der Waals surface area contributed by atoms with Gasteiger partial charge in [-0.3, -0.25) is 9.69 Å². The number of piperazine rings is 1. The molecule has 1 unspecified atom stereocenters. The molecule has 2 fully saturated rings. The average Bonchev–Trinajstić information content (AvgIpc) is 3.44. The molecule has 1 aliphatic carbocycles. The van der Waals surface area contributed by atoms with Crippen LogP contribution in [0.1, 0.15) is 37.7 Å². The largest absolute Gasteiger partial charge is 0.486 e. The minimum absolute atomic E-state index is 0.206. The number of carbonyl (C=O) groups excluding carboxylic acids is 1. The van der Waals surface area contributed by atoms with Gasteiger partial charge in [-0.05, 0) is 49.4 Å². The second-order valence-electron chi connectivity index (χ2n) is 10.1. The van der Waals surface area contributed by atoms with Crippen LogP contribution in [0.3, 0.4) is 0 Å². The molecule has 1 saturated heterocycles. The molecular formula is C28H35N3O3. The normalized spacial score (nSPS) is 23.1. The van der Waals surface area contributed by atoms with Crippen molar-refractivity contribution < 1.29 is 14.3 Å². The van der Waals surface area contributed by atoms with Crippen LogP contribution in [0.5, 0.6) is 11.5 Å². The molecule has 0 bridgehead atoms. The highest BCUT2D eigenvalue weighted by atomic mass is 16.6. The van der Waals surface area contributed by atoms with Gasteiger partial charge in [0, 0.05) is 50.4 Å². The number of benzene rings is 2. The van der Waals surface area contributed by atoms with Gasteiger partial charge in [-0.2, -0.15) is 0 Å². The Kier molecular flexibility index (Phi) is 6.08. The smallest absolute Gasteiger partial charge is 0.230 e. The van der Waals surface area contributed by atoms with Gasteiger partial charge in [-0.15, -0.1) is 0 Å². The van der Waals surface area contributed by atoms with Gasteiger partial charge >= 0.3 is 0 Å². The van der Waals surface area contributed by atoms with Crippen LogP contribution in [0.2, 0.25) is 0 Å². The minimum Gasteiger partial charge on any atom is -0.486 e. The Bertz CT molecular complexity index is 1030. The quantitative estimate of drug-likeness (QED) is 0.686. The Balaban J connectivity index is 1.15. The van der Waals surface area contributed by atoms with E-state index in [1.165, 1.54) is 18.4 Å². The number of amides is 1. The molecule has 0 aromatic heterocycles. The molecule has 6 nitrogen and oxygen atoms in total. The highest BCUT2D eigenvalue weighted by molar-refractivity contribution is 5.97. The van der Waals surface area contributed by atoms with Gasteiger partial charge in [-0.1, -0.05) is 37.1 Å². The van der Waals surface area contributed by atoms with Crippen LogP contribution in [-0.4, -0.2) is 62.8 Å². The predicted molar refractivity (Wildman–Crippen MR) is 134 cm³/mol. The minimum atomic E-state index is 0.206. The van der Waals surface area contributed by atoms with Gasteiger partial charge < -0.3 is 19.3 Å². The second-order valence-corrected chi connectivity index (χ2v) is 10.1. The first kappa shape index (κ1) is 21.8. The Labute approximate surface area is 202 Å². The van der Waals surface area contributed by atoms with E-state index >= 15 is 0 Å². The van der Waals surface area contributed by atoms with E-state index in [0.29, 0.717) is 19.1 Å². The number of nitrogens with zero attached hydrogens (tertiary/aromatic N) is 3. The van der Waals surface area contributed by atoms with E-state index in [0.717, 1.165) is 81.3 Å². The molecule has 0 spiro atoms. The van der Waals surface area contributed by atoms with Crippen LogP contribution in [0.15, 0.2) is 42.5 Å². The lowest BCUT2D eigenvalue weighted by atomic mass is 9.93. The molecular weight excluding hydrogens is 426 g/mol. The summed E-state index contributed by atoms with van der Waals surface area (Å²) >= 11 is 0. The third-order valence-electron chi connectivity index (χ3n) is 8.03. The van der Waals surface area contributed by atoms with Gasteiger partial charge in [0.05, 0.1) is 5.69 Å². The van der Waals surface area contributed by atoms with Crippen LogP contribution in [0.4, 0.5) is 11.4 Å². The molecule has 1 amide bonds. The van der Waals surface area contributed by atoms with Crippen LogP contribution in [0.25, 0.3) is 0 Å². The maximum Gasteiger partial charge on any atom is 0.230 e. The standard InChI is InChI=1S/C28H35N3O3/c32-28(22-7-1-2-8-22)31-23(13-12-21-6-3-4-9-24(21)31)20-29-14-16-30(17-15-29)25-10-5-11-26-27(25)34-19-18-33-26/h3-6,9-11,22-23H,1-2,7-8,12-20H2. The maximum absolute atomic E-state index is 13.7. The first-order chi connectivity index (χ1) is 16.8. The fourth-order valence-electron chi connectivity index (χ4n) is 6.22. The molecule has 6 heteroatoms. The van der Waals surface area contributed by atoms with Crippen molar-refractivity contribution >= 4 is 17.3 Å². The van der Waals surface area contributed by atoms with Gasteiger partial charge in [0.25, 0.3) is 0 Å². The SMILES string of the molecule is O=C(C1CCCC1)N1c2ccccc2CCC1CN1CCN(c2cccc3c2OCCO3)CC1. The van der Waals surface area contributed by atoms with Crippen LogP contribution < -0.4 is 19.3 Å². The van der Waals surface area contributed by atoms with E-state index in [1.807, 2.05) is 6.07 Å². The van der Waals surface area contributed by atoms with Crippen molar-refractivity contribution in [2.24, 2.45) is 5.92 Å². The number of anilines is 2. The zero-order valence-corrected chi connectivity index (χ0v) is 20.0. The fraction of sp³-hybridized carbons (Fsp3) is 0.536. The molecule has 3 aliphatic heterocycles. The van der Waals surface area contributed by atoms with Crippen molar-refractivity contribution in [3.05, 3.63) is 48.0 Å². The van der Waals surface area contributed by atoms with E-state index in [2.05, 4.69) is 51.1 Å². The summed E-state index contributed by atoms with van der Waals surface area (Å²) in [4.78, 5) is 20.8. The number of fused-ring (bicyclic) bond motifs is 2. The second kappa shape index (κ2) is 9.49. The third-order valence-corrected chi connectivity index (χ3v) is 8.03. The van der Waals surface area contributed by atoms with E-state index in [-0.39, 0.29) is 12.0 Å². The topological polar surface area (TPSA) is 45.3 Å². The maximum atomic E-state index is 13.7. The summed E-state index contributed by atoms with van der Waals surface area (Å²) in [6.07, 6.45) is 6.59. The summed E-state index contributed by atoms with van der Waals surface area (Å²) in [5, 5.41) is 0. The Hall–Kier alpha value is -2.73. The summed E-state index contributed by atoms with van der Waals surface area (Å²) in [7, 11) is 0. The van der Waals surface area contributed by atoms with Crippen molar-refractivity contribution in [2.75, 3.05) is 55.7 Å². The summed E-state index contributed by atoms with van der Waals surface area (Å²) < 4.78 is 11.7. The molecule has 180 valence electrons. The molecule has 0 N–H and O–H groups in total. The number of hydrogen-bond acceptors (Lipinski definition) is 5. The van der Waals surface area contributed by atoms with Crippen molar-refractivity contribution in [1.29, 1.82) is 0 Å². The lowest BCUT2D eigenvalue weighted by molar-refractivity contribution is -0.122. The van der Waals surface area contributed by atoms with Gasteiger partial charge in [-0.25, -0.2) is 0 Å². The monoisotopic (exact) mass is 461 g/mol. The van der Waals surface area contributed by atoms with Gasteiger partial charge in [0.1, 0.15) is 13.2 Å². The third kappa shape index (κ3) is 4.13. The number of hydrogen-bond donors (Lipinski definition) is 0. The van der Waals surface area contributed by atoms with Crippen LogP contribution in [-0.2, 0) is 11.2 Å². The summed E-state index contributed by atoms with van der Waals surface area (Å²) in [6, 6.07) is 15.0. The first-order valence-electron chi connectivity index (χ1n) is 13.0. The summed E-state index contributed by atoms with van der Waals surface area (Å²) in [5.74, 6) is 2.31. The highest BCUT2D eigenvalue weighted by Gasteiger charge is 2.37. The Morgan fingerprint density at radius 1 is 0.853 bits per heavy atom. The first-order valence-corrected chi connectivity index (χ1v) is 13.0. The van der Waals surface area contributed by atoms with Crippen molar-refractivity contribution in [2.45, 2.75) is 44.6 Å². The van der Waals surface area contributed by atoms with Gasteiger partial charge in [0.15, 0.2) is 11.5 Å². The van der Waals surface area contributed by atoms with E-state index in [9.17, 15) is 4.79 Å². The molecule has 4 aliphatic rings. The summed E-state index contributed by atoms with van der Waals surface area (Å²) in [6.45, 7) is 6.08. The molecule has 34 heavy (non-hydrogen) atoms. The Morgan fingerprint density at radius 2 is 1.62 bits per heavy atom. The number of rotatable bonds is 4. The zero-order chi connectivity index (χ0) is 22.9. The molecule has 1 atom stereocenters. The number of aryl methyl sites for hydroxylation is 1. The average molecular weight is 462 g/mol. The number of para-hydroxylation sites is 2. The predicted octanol–water partition coefficient (Wildman–Crippen LogP) is 4.12. The molecule has 3 heterocycles. The van der Waals surface area contributed by atoms with E-state index in [1.54, 1.807) is 0 Å². The molecule has 2 aromatic rings. The van der Waals surface area contributed by atoms with Crippen molar-refractivity contribution in [1.82, 2.24) is 4.90 Å². The van der Waals surface area contributed by atoms with E-state index < -0.39 is 0 Å². The number of carbonyl (C=O) groups is 1. The fourth-order valence-corrected chi connectivity index (χ4v) is 6.22. The zero-order valence-electron chi connectivity index (χ0n) is 20.0. The van der Waals surface area contributed by atoms with Crippen LogP contribution in [0, 0.1) is 5.92 Å². The van der Waals surface area contributed by atoms with Crippen LogP contribution >= 0.6 is 0 Å². The number of ether oxygens (including phenoxy) is 2. The highest BCUT2D eigenvalue weighted by Crippen LogP contribution is 2.40. The lowest BCUT2D eigenvalue weighted by Gasteiger charge is -2.43. The molecule has 1 saturated carbocycles. The van der Waals surface area contributed by atoms with E-state index in [4.69, 9.17) is 9.47 Å².